The van der Waals surface area contributed by atoms with Gasteiger partial charge in [-0.3, -0.25) is 4.79 Å². The molecule has 1 fully saturated rings. The molecule has 0 aromatic heterocycles. The molecule has 1 saturated heterocycles. The third-order valence-corrected chi connectivity index (χ3v) is 4.36. The maximum Gasteiger partial charge on any atom is 0.220 e. The minimum Gasteiger partial charge on any atom is -0.352 e. The lowest BCUT2D eigenvalue weighted by atomic mass is 9.85. The van der Waals surface area contributed by atoms with Crippen molar-refractivity contribution in [2.45, 2.75) is 38.6 Å². The molecule has 108 valence electrons. The molecule has 2 unspecified atom stereocenters. The molecule has 1 heterocycles. The van der Waals surface area contributed by atoms with Gasteiger partial charge < -0.3 is 5.32 Å². The van der Waals surface area contributed by atoms with Crippen molar-refractivity contribution < 1.29 is 4.79 Å². The van der Waals surface area contributed by atoms with Gasteiger partial charge in [-0.25, -0.2) is 0 Å². The Morgan fingerprint density at radius 3 is 2.57 bits per heavy atom. The van der Waals surface area contributed by atoms with E-state index in [9.17, 15) is 4.79 Å². The average Bonchev–Trinajstić information content (AvgIpc) is 2.80. The Morgan fingerprint density at radius 2 is 1.86 bits per heavy atom. The zero-order valence-corrected chi connectivity index (χ0v) is 12.6. The zero-order valence-electron chi connectivity index (χ0n) is 12.6. The molecule has 2 aromatic rings. The predicted octanol–water partition coefficient (Wildman–Crippen LogP) is 3.52. The summed E-state index contributed by atoms with van der Waals surface area (Å²) in [7, 11) is 0. The highest BCUT2D eigenvalue weighted by molar-refractivity contribution is 5.80. The van der Waals surface area contributed by atoms with Crippen molar-refractivity contribution in [2.24, 2.45) is 0 Å². The molecule has 1 aliphatic heterocycles. The van der Waals surface area contributed by atoms with Crippen molar-refractivity contribution in [2.75, 3.05) is 0 Å². The van der Waals surface area contributed by atoms with E-state index in [1.807, 2.05) is 6.07 Å². The Labute approximate surface area is 126 Å². The van der Waals surface area contributed by atoms with Gasteiger partial charge in [0, 0.05) is 18.4 Å². The topological polar surface area (TPSA) is 29.1 Å². The number of hydrogen-bond donors (Lipinski definition) is 1. The Morgan fingerprint density at radius 1 is 1.10 bits per heavy atom. The van der Waals surface area contributed by atoms with Gasteiger partial charge in [-0.2, -0.15) is 0 Å². The van der Waals surface area contributed by atoms with Crippen molar-refractivity contribution >= 4 is 5.91 Å². The monoisotopic (exact) mass is 279 g/mol. The van der Waals surface area contributed by atoms with Crippen LogP contribution in [0.5, 0.6) is 0 Å². The molecular formula is C19H21NO. The van der Waals surface area contributed by atoms with Crippen molar-refractivity contribution in [3.63, 3.8) is 0 Å². The van der Waals surface area contributed by atoms with E-state index in [1.165, 1.54) is 22.3 Å². The van der Waals surface area contributed by atoms with E-state index in [2.05, 4.69) is 61.6 Å². The van der Waals surface area contributed by atoms with Gasteiger partial charge in [0.05, 0.1) is 0 Å². The van der Waals surface area contributed by atoms with Crippen LogP contribution in [0.4, 0.5) is 0 Å². The SMILES string of the molecule is Cc1ccc(C2CC(=O)NC2Cc2ccccc2)c(C)c1. The normalized spacial score (nSPS) is 21.3. The highest BCUT2D eigenvalue weighted by atomic mass is 16.2. The van der Waals surface area contributed by atoms with Crippen molar-refractivity contribution in [3.05, 3.63) is 70.8 Å². The summed E-state index contributed by atoms with van der Waals surface area (Å²) in [6.45, 7) is 4.25. The maximum absolute atomic E-state index is 11.9. The van der Waals surface area contributed by atoms with E-state index in [-0.39, 0.29) is 17.9 Å². The van der Waals surface area contributed by atoms with Crippen LogP contribution in [0.2, 0.25) is 0 Å². The summed E-state index contributed by atoms with van der Waals surface area (Å²) in [5.74, 6) is 0.444. The van der Waals surface area contributed by atoms with Crippen LogP contribution < -0.4 is 5.32 Å². The summed E-state index contributed by atoms with van der Waals surface area (Å²) < 4.78 is 0. The Hall–Kier alpha value is -2.09. The lowest BCUT2D eigenvalue weighted by Gasteiger charge is -2.21. The van der Waals surface area contributed by atoms with Crippen LogP contribution >= 0.6 is 0 Å². The van der Waals surface area contributed by atoms with Gasteiger partial charge >= 0.3 is 0 Å². The van der Waals surface area contributed by atoms with E-state index in [1.54, 1.807) is 0 Å². The number of benzene rings is 2. The van der Waals surface area contributed by atoms with Gasteiger partial charge in [0.25, 0.3) is 0 Å². The van der Waals surface area contributed by atoms with Crippen molar-refractivity contribution in [3.8, 4) is 0 Å². The van der Waals surface area contributed by atoms with Gasteiger partial charge in [-0.15, -0.1) is 0 Å². The first-order valence-electron chi connectivity index (χ1n) is 7.54. The third kappa shape index (κ3) is 2.99. The van der Waals surface area contributed by atoms with Crippen molar-refractivity contribution in [1.82, 2.24) is 5.32 Å². The molecular weight excluding hydrogens is 258 g/mol. The van der Waals surface area contributed by atoms with Gasteiger partial charge in [-0.05, 0) is 37.0 Å². The second-order valence-corrected chi connectivity index (χ2v) is 6.03. The van der Waals surface area contributed by atoms with Gasteiger partial charge in [0.15, 0.2) is 0 Å². The third-order valence-electron chi connectivity index (χ3n) is 4.36. The first-order chi connectivity index (χ1) is 10.1. The van der Waals surface area contributed by atoms with E-state index in [0.29, 0.717) is 6.42 Å². The molecule has 1 aliphatic rings. The van der Waals surface area contributed by atoms with Gasteiger partial charge in [-0.1, -0.05) is 54.1 Å². The first kappa shape index (κ1) is 13.9. The second kappa shape index (κ2) is 5.72. The fourth-order valence-corrected chi connectivity index (χ4v) is 3.34. The van der Waals surface area contributed by atoms with Crippen LogP contribution in [0.1, 0.15) is 34.6 Å². The molecule has 2 atom stereocenters. The summed E-state index contributed by atoms with van der Waals surface area (Å²) in [4.78, 5) is 11.9. The van der Waals surface area contributed by atoms with Crippen LogP contribution in [-0.2, 0) is 11.2 Å². The number of carbonyl (C=O) groups is 1. The van der Waals surface area contributed by atoms with Gasteiger partial charge in [0.1, 0.15) is 0 Å². The van der Waals surface area contributed by atoms with E-state index in [4.69, 9.17) is 0 Å². The summed E-state index contributed by atoms with van der Waals surface area (Å²) in [5.41, 5.74) is 5.14. The zero-order chi connectivity index (χ0) is 14.8. The summed E-state index contributed by atoms with van der Waals surface area (Å²) in [6, 6.07) is 17.1. The number of rotatable bonds is 3. The summed E-state index contributed by atoms with van der Waals surface area (Å²) >= 11 is 0. The molecule has 2 heteroatoms. The average molecular weight is 279 g/mol. The highest BCUT2D eigenvalue weighted by Gasteiger charge is 2.34. The molecule has 0 saturated carbocycles. The van der Waals surface area contributed by atoms with Crippen LogP contribution in [0.15, 0.2) is 48.5 Å². The Bertz CT molecular complexity index is 648. The number of carbonyl (C=O) groups excluding carboxylic acids is 1. The van der Waals surface area contributed by atoms with E-state index in [0.717, 1.165) is 6.42 Å². The second-order valence-electron chi connectivity index (χ2n) is 6.03. The minimum absolute atomic E-state index is 0.168. The quantitative estimate of drug-likeness (QED) is 0.915. The van der Waals surface area contributed by atoms with Gasteiger partial charge in [0.2, 0.25) is 5.91 Å². The molecule has 0 aliphatic carbocycles. The molecule has 3 rings (SSSR count). The summed E-state index contributed by atoms with van der Waals surface area (Å²) in [6.07, 6.45) is 1.49. The van der Waals surface area contributed by atoms with Crippen LogP contribution in [0.3, 0.4) is 0 Å². The lowest BCUT2D eigenvalue weighted by molar-refractivity contribution is -0.119. The van der Waals surface area contributed by atoms with Crippen molar-refractivity contribution in [1.29, 1.82) is 0 Å². The Kier molecular flexibility index (Phi) is 3.78. The number of nitrogens with one attached hydrogen (secondary N) is 1. The predicted molar refractivity (Wildman–Crippen MR) is 85.4 cm³/mol. The molecule has 21 heavy (non-hydrogen) atoms. The van der Waals surface area contributed by atoms with Crippen LogP contribution in [0, 0.1) is 13.8 Å². The molecule has 2 nitrogen and oxygen atoms in total. The fraction of sp³-hybridized carbons (Fsp3) is 0.316. The first-order valence-corrected chi connectivity index (χ1v) is 7.54. The fourth-order valence-electron chi connectivity index (χ4n) is 3.34. The summed E-state index contributed by atoms with van der Waals surface area (Å²) in [5, 5.41) is 3.15. The smallest absolute Gasteiger partial charge is 0.220 e. The minimum atomic E-state index is 0.168. The largest absolute Gasteiger partial charge is 0.352 e. The standard InChI is InChI=1S/C19H21NO/c1-13-8-9-16(14(2)10-13)17-12-19(21)20-18(17)11-15-6-4-3-5-7-15/h3-10,17-18H,11-12H2,1-2H3,(H,20,21). The number of amides is 1. The molecule has 1 N–H and O–H groups in total. The molecule has 2 aromatic carbocycles. The highest BCUT2D eigenvalue weighted by Crippen LogP contribution is 2.32. The lowest BCUT2D eigenvalue weighted by Crippen LogP contribution is -2.30. The van der Waals surface area contributed by atoms with E-state index >= 15 is 0 Å². The van der Waals surface area contributed by atoms with Crippen LogP contribution in [-0.4, -0.2) is 11.9 Å². The molecule has 1 amide bonds. The maximum atomic E-state index is 11.9. The molecule has 0 radical (unpaired) electrons. The Balaban J connectivity index is 1.87. The number of aryl methyl sites for hydroxylation is 2. The molecule has 0 spiro atoms. The van der Waals surface area contributed by atoms with E-state index < -0.39 is 0 Å². The van der Waals surface area contributed by atoms with Crippen LogP contribution in [0.25, 0.3) is 0 Å². The number of hydrogen-bond acceptors (Lipinski definition) is 1. The molecule has 0 bridgehead atoms.